The Balaban J connectivity index is 0.000000720. The van der Waals surface area contributed by atoms with Crippen molar-refractivity contribution in [2.24, 2.45) is 0 Å². The Kier molecular flexibility index (Phi) is 4.10. The molecule has 0 saturated heterocycles. The van der Waals surface area contributed by atoms with Crippen LogP contribution in [0.5, 0.6) is 0 Å². The monoisotopic (exact) mass is 200 g/mol. The summed E-state index contributed by atoms with van der Waals surface area (Å²) in [6.07, 6.45) is 4.86. The van der Waals surface area contributed by atoms with E-state index in [4.69, 9.17) is 0 Å². The van der Waals surface area contributed by atoms with E-state index in [1.807, 2.05) is 12.1 Å². The number of hydrogen-bond acceptors (Lipinski definition) is 2. The summed E-state index contributed by atoms with van der Waals surface area (Å²) >= 11 is 0. The molecule has 3 N–H and O–H groups in total. The van der Waals surface area contributed by atoms with Crippen molar-refractivity contribution in [3.05, 3.63) is 41.1 Å². The van der Waals surface area contributed by atoms with Gasteiger partial charge in [0.2, 0.25) is 0 Å². The van der Waals surface area contributed by atoms with E-state index in [1.54, 1.807) is 18.6 Å². The van der Waals surface area contributed by atoms with Gasteiger partial charge in [0.25, 0.3) is 5.56 Å². The average molecular weight is 201 g/mol. The fraction of sp³-hybridized carbons (Fsp3) is 0. The lowest BCUT2D eigenvalue weighted by Gasteiger charge is -1.91. The van der Waals surface area contributed by atoms with Gasteiger partial charge >= 0.3 is 0 Å². The Morgan fingerprint density at radius 2 is 2.08 bits per heavy atom. The molecule has 0 aliphatic heterocycles. The number of nitrogens with zero attached hydrogens (tertiary/aromatic N) is 1. The normalized spacial score (nSPS) is 8.62. The molecule has 4 nitrogen and oxygen atoms in total. The zero-order valence-corrected chi connectivity index (χ0v) is 7.47. The lowest BCUT2D eigenvalue weighted by molar-refractivity contribution is 0.824. The first-order chi connectivity index (χ1) is 5.38. The number of aromatic nitrogens is 2. The first-order valence-electron chi connectivity index (χ1n) is 3.29. The fourth-order valence-corrected chi connectivity index (χ4v) is 1.03. The van der Waals surface area contributed by atoms with E-state index < -0.39 is 0 Å². The van der Waals surface area contributed by atoms with Gasteiger partial charge in [-0.3, -0.25) is 9.78 Å². The van der Waals surface area contributed by atoms with Gasteiger partial charge in [-0.2, -0.15) is 0 Å². The predicted octanol–water partition coefficient (Wildman–Crippen LogP) is 0.520. The van der Waals surface area contributed by atoms with Gasteiger partial charge in [-0.05, 0) is 17.5 Å². The Hall–Kier alpha value is -1.39. The lowest BCUT2D eigenvalue weighted by Crippen LogP contribution is -2.03. The molecule has 0 radical (unpaired) electrons. The van der Waals surface area contributed by atoms with Crippen molar-refractivity contribution >= 4 is 23.2 Å². The number of hydrogen-bond donors (Lipinski definition) is 1. The number of H-pyrrole nitrogens is 1. The molecular weight excluding hydrogens is 192 g/mol. The highest BCUT2D eigenvalue weighted by Crippen LogP contribution is 2.03. The third-order valence-corrected chi connectivity index (χ3v) is 1.58. The van der Waals surface area contributed by atoms with Crippen LogP contribution < -0.4 is 5.56 Å². The largest absolute Gasteiger partial charge is 0.412 e. The van der Waals surface area contributed by atoms with E-state index >= 15 is 0 Å². The third-order valence-electron chi connectivity index (χ3n) is 1.58. The van der Waals surface area contributed by atoms with E-state index in [1.165, 1.54) is 0 Å². The Morgan fingerprint density at radius 1 is 1.31 bits per heavy atom. The quantitative estimate of drug-likeness (QED) is 0.673. The summed E-state index contributed by atoms with van der Waals surface area (Å²) in [5.74, 6) is 0. The zero-order chi connectivity index (χ0) is 7.68. The Bertz CT molecular complexity index is 436. The fourth-order valence-electron chi connectivity index (χ4n) is 1.03. The molecule has 70 valence electrons. The Morgan fingerprint density at radius 3 is 2.77 bits per heavy atom. The van der Waals surface area contributed by atoms with Crippen LogP contribution in [0.3, 0.4) is 0 Å². The van der Waals surface area contributed by atoms with Crippen molar-refractivity contribution in [3.8, 4) is 0 Å². The molecule has 0 aliphatic carbocycles. The second kappa shape index (κ2) is 4.59. The van der Waals surface area contributed by atoms with Gasteiger partial charge in [-0.25, -0.2) is 0 Å². The van der Waals surface area contributed by atoms with E-state index in [0.29, 0.717) is 5.39 Å². The Labute approximate surface area is 80.3 Å². The van der Waals surface area contributed by atoms with Crippen LogP contribution in [0.15, 0.2) is 35.5 Å². The average Bonchev–Trinajstić information content (AvgIpc) is 2.06. The van der Waals surface area contributed by atoms with Crippen LogP contribution in [0.2, 0.25) is 0 Å². The highest BCUT2D eigenvalue weighted by Gasteiger charge is 1.93. The van der Waals surface area contributed by atoms with Crippen molar-refractivity contribution < 1.29 is 5.48 Å². The maximum absolute atomic E-state index is 11.1. The third kappa shape index (κ3) is 2.05. The number of halogens is 1. The SMILES string of the molecule is Cl.O.O=c1[nH]ccc2ccncc12. The minimum atomic E-state index is -0.0874. The number of rotatable bonds is 0. The van der Waals surface area contributed by atoms with Crippen LogP contribution in [0.25, 0.3) is 10.8 Å². The van der Waals surface area contributed by atoms with Gasteiger partial charge in [-0.15, -0.1) is 12.4 Å². The second-order valence-electron chi connectivity index (χ2n) is 2.27. The first kappa shape index (κ1) is 11.6. The van der Waals surface area contributed by atoms with Gasteiger partial charge in [0.15, 0.2) is 0 Å². The molecule has 0 unspecified atom stereocenters. The summed E-state index contributed by atoms with van der Waals surface area (Å²) in [4.78, 5) is 17.5. The predicted molar refractivity (Wildman–Crippen MR) is 53.2 cm³/mol. The molecular formula is C8H9ClN2O2. The van der Waals surface area contributed by atoms with E-state index in [2.05, 4.69) is 9.97 Å². The number of nitrogens with one attached hydrogen (secondary N) is 1. The zero-order valence-electron chi connectivity index (χ0n) is 6.65. The highest BCUT2D eigenvalue weighted by molar-refractivity contribution is 5.85. The number of fused-ring (bicyclic) bond motifs is 1. The molecule has 0 aliphatic rings. The molecule has 0 amide bonds. The summed E-state index contributed by atoms with van der Waals surface area (Å²) in [6.45, 7) is 0. The van der Waals surface area contributed by atoms with E-state index in [9.17, 15) is 4.79 Å². The second-order valence-corrected chi connectivity index (χ2v) is 2.27. The molecule has 0 aromatic carbocycles. The van der Waals surface area contributed by atoms with Crippen LogP contribution in [-0.2, 0) is 0 Å². The van der Waals surface area contributed by atoms with Crippen molar-refractivity contribution in [2.45, 2.75) is 0 Å². The van der Waals surface area contributed by atoms with Crippen LogP contribution in [0.1, 0.15) is 0 Å². The molecule has 0 saturated carbocycles. The smallest absolute Gasteiger partial charge is 0.257 e. The number of pyridine rings is 2. The number of aromatic amines is 1. The van der Waals surface area contributed by atoms with Crippen LogP contribution in [0.4, 0.5) is 0 Å². The molecule has 2 aromatic rings. The summed E-state index contributed by atoms with van der Waals surface area (Å²) in [6, 6.07) is 3.66. The van der Waals surface area contributed by atoms with Crippen molar-refractivity contribution in [1.29, 1.82) is 0 Å². The highest BCUT2D eigenvalue weighted by atomic mass is 35.5. The molecule has 5 heteroatoms. The van der Waals surface area contributed by atoms with Gasteiger partial charge < -0.3 is 10.5 Å². The summed E-state index contributed by atoms with van der Waals surface area (Å²) < 4.78 is 0. The molecule has 0 spiro atoms. The summed E-state index contributed by atoms with van der Waals surface area (Å²) in [5.41, 5.74) is -0.0874. The molecule has 0 fully saturated rings. The van der Waals surface area contributed by atoms with Crippen molar-refractivity contribution in [2.75, 3.05) is 0 Å². The van der Waals surface area contributed by atoms with E-state index in [0.717, 1.165) is 5.39 Å². The van der Waals surface area contributed by atoms with Gasteiger partial charge in [0.05, 0.1) is 5.39 Å². The molecule has 0 bridgehead atoms. The minimum Gasteiger partial charge on any atom is -0.412 e. The van der Waals surface area contributed by atoms with Gasteiger partial charge in [0, 0.05) is 18.6 Å². The van der Waals surface area contributed by atoms with Crippen LogP contribution >= 0.6 is 12.4 Å². The minimum absolute atomic E-state index is 0. The first-order valence-corrected chi connectivity index (χ1v) is 3.29. The molecule has 13 heavy (non-hydrogen) atoms. The molecule has 2 aromatic heterocycles. The van der Waals surface area contributed by atoms with Gasteiger partial charge in [-0.1, -0.05) is 0 Å². The lowest BCUT2D eigenvalue weighted by atomic mass is 10.2. The van der Waals surface area contributed by atoms with E-state index in [-0.39, 0.29) is 23.4 Å². The van der Waals surface area contributed by atoms with Crippen LogP contribution in [0, 0.1) is 0 Å². The van der Waals surface area contributed by atoms with Crippen molar-refractivity contribution in [1.82, 2.24) is 9.97 Å². The van der Waals surface area contributed by atoms with Gasteiger partial charge in [0.1, 0.15) is 0 Å². The molecule has 2 heterocycles. The van der Waals surface area contributed by atoms with Crippen molar-refractivity contribution in [3.63, 3.8) is 0 Å². The standard InChI is InChI=1S/C8H6N2O.ClH.H2O/c11-8-7-5-9-3-1-6(7)2-4-10-8;;/h1-5H,(H,10,11);1H;1H2. The molecule has 2 rings (SSSR count). The maximum atomic E-state index is 11.1. The maximum Gasteiger partial charge on any atom is 0.257 e. The topological polar surface area (TPSA) is 77.2 Å². The molecule has 0 atom stereocenters. The summed E-state index contributed by atoms with van der Waals surface area (Å²) in [7, 11) is 0. The summed E-state index contributed by atoms with van der Waals surface area (Å²) in [5, 5.41) is 1.55. The van der Waals surface area contributed by atoms with Crippen LogP contribution in [-0.4, -0.2) is 15.4 Å².